The maximum Gasteiger partial charge on any atom is 0.326 e. The molecule has 1 aromatic rings. The Morgan fingerprint density at radius 3 is 2.55 bits per heavy atom. The normalized spacial score (nSPS) is 11.7. The number of carbonyl (C=O) groups excluding carboxylic acids is 1. The van der Waals surface area contributed by atoms with Crippen molar-refractivity contribution in [3.63, 3.8) is 0 Å². The van der Waals surface area contributed by atoms with Crippen molar-refractivity contribution in [2.75, 3.05) is 6.61 Å². The molecule has 0 aliphatic heterocycles. The van der Waals surface area contributed by atoms with Crippen molar-refractivity contribution in [2.45, 2.75) is 32.2 Å². The van der Waals surface area contributed by atoms with Gasteiger partial charge in [-0.15, -0.1) is 0 Å². The third kappa shape index (κ3) is 5.93. The van der Waals surface area contributed by atoms with Gasteiger partial charge in [-0.05, 0) is 30.7 Å². The van der Waals surface area contributed by atoms with Crippen molar-refractivity contribution in [3.8, 4) is 5.75 Å². The Kier molecular flexibility index (Phi) is 6.87. The van der Waals surface area contributed by atoms with Gasteiger partial charge in [-0.1, -0.05) is 24.9 Å². The minimum absolute atomic E-state index is 0.107. The number of ether oxygens (including phenoxy) is 1. The number of carboxylic acid groups (broad SMARTS) is 1. The van der Waals surface area contributed by atoms with Crippen LogP contribution >= 0.6 is 11.6 Å². The van der Waals surface area contributed by atoms with E-state index in [2.05, 4.69) is 5.32 Å². The van der Waals surface area contributed by atoms with E-state index in [0.717, 1.165) is 0 Å². The number of carbonyl (C=O) groups is 2. The van der Waals surface area contributed by atoms with Crippen molar-refractivity contribution in [1.82, 2.24) is 5.32 Å². The molecule has 1 amide bonds. The summed E-state index contributed by atoms with van der Waals surface area (Å²) in [6.45, 7) is 2.05. The Morgan fingerprint density at radius 2 is 2.00 bits per heavy atom. The molecule has 1 atom stereocenters. The van der Waals surface area contributed by atoms with Gasteiger partial charge in [0.05, 0.1) is 13.0 Å². The van der Waals surface area contributed by atoms with E-state index in [1.165, 1.54) is 0 Å². The van der Waals surface area contributed by atoms with E-state index in [1.54, 1.807) is 24.3 Å². The summed E-state index contributed by atoms with van der Waals surface area (Å²) < 4.78 is 5.37. The van der Waals surface area contributed by atoms with Crippen LogP contribution in [-0.2, 0) is 9.59 Å². The summed E-state index contributed by atoms with van der Waals surface area (Å²) >= 11 is 5.74. The van der Waals surface area contributed by atoms with Crippen LogP contribution in [0.25, 0.3) is 0 Å². The molecule has 0 spiro atoms. The zero-order chi connectivity index (χ0) is 15.0. The second kappa shape index (κ2) is 8.43. The second-order valence-electron chi connectivity index (χ2n) is 4.30. The third-order valence-electron chi connectivity index (χ3n) is 2.62. The lowest BCUT2D eigenvalue weighted by Crippen LogP contribution is -2.41. The molecule has 5 nitrogen and oxygen atoms in total. The Morgan fingerprint density at radius 1 is 1.35 bits per heavy atom. The maximum absolute atomic E-state index is 11.6. The van der Waals surface area contributed by atoms with E-state index in [0.29, 0.717) is 23.6 Å². The molecule has 110 valence electrons. The molecule has 0 aliphatic carbocycles. The number of amides is 1. The van der Waals surface area contributed by atoms with Crippen LogP contribution in [0.2, 0.25) is 5.02 Å². The van der Waals surface area contributed by atoms with Crippen LogP contribution in [0, 0.1) is 0 Å². The molecule has 1 unspecified atom stereocenters. The zero-order valence-electron chi connectivity index (χ0n) is 11.3. The fourth-order valence-electron chi connectivity index (χ4n) is 1.60. The molecule has 0 aromatic heterocycles. The van der Waals surface area contributed by atoms with Gasteiger partial charge in [-0.2, -0.15) is 0 Å². The van der Waals surface area contributed by atoms with Gasteiger partial charge in [0.25, 0.3) is 0 Å². The SMILES string of the molecule is CCCC(NC(=O)CCOc1ccc(Cl)cc1)C(=O)O. The molecular formula is C14H18ClNO4. The summed E-state index contributed by atoms with van der Waals surface area (Å²) in [7, 11) is 0. The lowest BCUT2D eigenvalue weighted by atomic mass is 10.1. The molecule has 1 aromatic carbocycles. The fourth-order valence-corrected chi connectivity index (χ4v) is 1.73. The molecule has 0 aliphatic rings. The van der Waals surface area contributed by atoms with Crippen molar-refractivity contribution in [3.05, 3.63) is 29.3 Å². The molecule has 0 bridgehead atoms. The number of benzene rings is 1. The monoisotopic (exact) mass is 299 g/mol. The molecule has 0 saturated heterocycles. The molecule has 0 heterocycles. The van der Waals surface area contributed by atoms with E-state index in [-0.39, 0.29) is 18.9 Å². The van der Waals surface area contributed by atoms with Gasteiger partial charge in [0.15, 0.2) is 0 Å². The second-order valence-corrected chi connectivity index (χ2v) is 4.74. The first kappa shape index (κ1) is 16.3. The summed E-state index contributed by atoms with van der Waals surface area (Å²) in [5.41, 5.74) is 0. The smallest absolute Gasteiger partial charge is 0.326 e. The highest BCUT2D eigenvalue weighted by Crippen LogP contribution is 2.15. The summed E-state index contributed by atoms with van der Waals surface area (Å²) in [6, 6.07) is 5.97. The van der Waals surface area contributed by atoms with Gasteiger partial charge in [-0.25, -0.2) is 4.79 Å². The maximum atomic E-state index is 11.6. The quantitative estimate of drug-likeness (QED) is 0.773. The number of aliphatic carboxylic acids is 1. The van der Waals surface area contributed by atoms with Crippen LogP contribution in [0.1, 0.15) is 26.2 Å². The highest BCUT2D eigenvalue weighted by molar-refractivity contribution is 6.30. The standard InChI is InChI=1S/C14H18ClNO4/c1-2-3-12(14(18)19)16-13(17)8-9-20-11-6-4-10(15)5-7-11/h4-7,12H,2-3,8-9H2,1H3,(H,16,17)(H,18,19). The summed E-state index contributed by atoms with van der Waals surface area (Å²) in [6.07, 6.45) is 1.22. The van der Waals surface area contributed by atoms with Crippen molar-refractivity contribution < 1.29 is 19.4 Å². The van der Waals surface area contributed by atoms with Crippen LogP contribution in [0.4, 0.5) is 0 Å². The fraction of sp³-hybridized carbons (Fsp3) is 0.429. The minimum atomic E-state index is -1.01. The Balaban J connectivity index is 2.32. The van der Waals surface area contributed by atoms with Gasteiger partial charge < -0.3 is 15.2 Å². The topological polar surface area (TPSA) is 75.6 Å². The first-order valence-corrected chi connectivity index (χ1v) is 6.81. The lowest BCUT2D eigenvalue weighted by molar-refractivity contribution is -0.142. The Bertz CT molecular complexity index is 447. The molecule has 0 radical (unpaired) electrons. The number of rotatable bonds is 8. The van der Waals surface area contributed by atoms with Crippen LogP contribution in [0.15, 0.2) is 24.3 Å². The van der Waals surface area contributed by atoms with Crippen LogP contribution in [0.5, 0.6) is 5.75 Å². The van der Waals surface area contributed by atoms with E-state index in [9.17, 15) is 9.59 Å². The summed E-state index contributed by atoms with van der Waals surface area (Å²) in [5.74, 6) is -0.732. The summed E-state index contributed by atoms with van der Waals surface area (Å²) in [5, 5.41) is 12.0. The number of hydrogen-bond donors (Lipinski definition) is 2. The van der Waals surface area contributed by atoms with Gasteiger partial charge in [0, 0.05) is 5.02 Å². The average molecular weight is 300 g/mol. The first-order valence-electron chi connectivity index (χ1n) is 6.43. The van der Waals surface area contributed by atoms with Crippen molar-refractivity contribution in [2.24, 2.45) is 0 Å². The summed E-state index contributed by atoms with van der Waals surface area (Å²) in [4.78, 5) is 22.5. The Hall–Kier alpha value is -1.75. The van der Waals surface area contributed by atoms with Crippen LogP contribution < -0.4 is 10.1 Å². The van der Waals surface area contributed by atoms with Gasteiger partial charge in [-0.3, -0.25) is 4.79 Å². The number of halogens is 1. The van der Waals surface area contributed by atoms with Crippen LogP contribution in [-0.4, -0.2) is 29.6 Å². The van der Waals surface area contributed by atoms with E-state index in [4.69, 9.17) is 21.4 Å². The number of hydrogen-bond acceptors (Lipinski definition) is 3. The zero-order valence-corrected chi connectivity index (χ0v) is 12.0. The molecule has 20 heavy (non-hydrogen) atoms. The third-order valence-corrected chi connectivity index (χ3v) is 2.87. The molecule has 0 saturated carbocycles. The molecule has 0 fully saturated rings. The van der Waals surface area contributed by atoms with Gasteiger partial charge in [0.1, 0.15) is 11.8 Å². The first-order chi connectivity index (χ1) is 9.52. The van der Waals surface area contributed by atoms with E-state index >= 15 is 0 Å². The molecular weight excluding hydrogens is 282 g/mol. The van der Waals surface area contributed by atoms with E-state index < -0.39 is 12.0 Å². The number of carboxylic acids is 1. The molecule has 1 rings (SSSR count). The van der Waals surface area contributed by atoms with Gasteiger partial charge >= 0.3 is 5.97 Å². The van der Waals surface area contributed by atoms with Crippen LogP contribution in [0.3, 0.4) is 0 Å². The highest BCUT2D eigenvalue weighted by atomic mass is 35.5. The molecule has 6 heteroatoms. The predicted octanol–water partition coefficient (Wildman–Crippen LogP) is 2.48. The molecule has 2 N–H and O–H groups in total. The van der Waals surface area contributed by atoms with Gasteiger partial charge in [0.2, 0.25) is 5.91 Å². The average Bonchev–Trinajstić information content (AvgIpc) is 2.40. The lowest BCUT2D eigenvalue weighted by Gasteiger charge is -2.13. The highest BCUT2D eigenvalue weighted by Gasteiger charge is 2.18. The minimum Gasteiger partial charge on any atom is -0.493 e. The number of nitrogens with one attached hydrogen (secondary N) is 1. The van der Waals surface area contributed by atoms with Crippen molar-refractivity contribution >= 4 is 23.5 Å². The predicted molar refractivity (Wildman–Crippen MR) is 76.0 cm³/mol. The largest absolute Gasteiger partial charge is 0.493 e. The van der Waals surface area contributed by atoms with E-state index in [1.807, 2.05) is 6.92 Å². The van der Waals surface area contributed by atoms with Crippen molar-refractivity contribution in [1.29, 1.82) is 0 Å². The Labute approximate surface area is 122 Å².